The van der Waals surface area contributed by atoms with Gasteiger partial charge in [-0.25, -0.2) is 8.78 Å². The number of hydrogen-bond acceptors (Lipinski definition) is 2. The van der Waals surface area contributed by atoms with Crippen LogP contribution in [-0.4, -0.2) is 4.98 Å². The van der Waals surface area contributed by atoms with E-state index < -0.39 is 11.6 Å². The van der Waals surface area contributed by atoms with Gasteiger partial charge in [0.05, 0.1) is 0 Å². The third-order valence-corrected chi connectivity index (χ3v) is 2.94. The molecule has 1 heterocycles. The van der Waals surface area contributed by atoms with Crippen LogP contribution in [0.25, 0.3) is 0 Å². The molecule has 0 saturated carbocycles. The van der Waals surface area contributed by atoms with Crippen LogP contribution in [-0.2, 0) is 0 Å². The van der Waals surface area contributed by atoms with E-state index in [0.717, 1.165) is 12.1 Å². The van der Waals surface area contributed by atoms with Gasteiger partial charge in [0.2, 0.25) is 0 Å². The largest absolute Gasteiger partial charge is 0.453 e. The summed E-state index contributed by atoms with van der Waals surface area (Å²) in [4.78, 5) is 14.0. The maximum atomic E-state index is 13.4. The van der Waals surface area contributed by atoms with E-state index in [9.17, 15) is 13.6 Å². The predicted molar refractivity (Wildman–Crippen MR) is 65.9 cm³/mol. The molecule has 0 spiro atoms. The summed E-state index contributed by atoms with van der Waals surface area (Å²) in [5.41, 5.74) is 0.188. The summed E-state index contributed by atoms with van der Waals surface area (Å²) in [6, 6.07) is 4.48. The van der Waals surface area contributed by atoms with Crippen LogP contribution in [0.1, 0.15) is 5.69 Å². The first-order valence-electron chi connectivity index (χ1n) is 4.99. The first-order valence-corrected chi connectivity index (χ1v) is 5.79. The van der Waals surface area contributed by atoms with Crippen molar-refractivity contribution in [1.29, 1.82) is 0 Å². The monoisotopic (exact) mass is 315 g/mol. The number of pyridine rings is 1. The lowest BCUT2D eigenvalue weighted by Gasteiger charge is -2.08. The molecule has 94 valence electrons. The zero-order valence-electron chi connectivity index (χ0n) is 9.26. The Kier molecular flexibility index (Phi) is 3.47. The molecule has 3 nitrogen and oxygen atoms in total. The first-order chi connectivity index (χ1) is 8.47. The molecule has 0 aliphatic carbocycles. The van der Waals surface area contributed by atoms with Gasteiger partial charge in [-0.05, 0) is 35.0 Å². The van der Waals surface area contributed by atoms with Crippen LogP contribution < -0.4 is 10.3 Å². The Hall–Kier alpha value is -1.69. The molecule has 6 heteroatoms. The summed E-state index contributed by atoms with van der Waals surface area (Å²) in [5.74, 6) is -1.51. The number of rotatable bonds is 2. The number of halogens is 3. The van der Waals surface area contributed by atoms with Gasteiger partial charge in [0, 0.05) is 17.8 Å². The molecule has 0 saturated heterocycles. The van der Waals surface area contributed by atoms with Crippen molar-refractivity contribution < 1.29 is 13.5 Å². The van der Waals surface area contributed by atoms with Crippen molar-refractivity contribution in [2.75, 3.05) is 0 Å². The number of hydrogen-bond donors (Lipinski definition) is 1. The predicted octanol–water partition coefficient (Wildman–Crippen LogP) is 3.52. The van der Waals surface area contributed by atoms with E-state index >= 15 is 0 Å². The van der Waals surface area contributed by atoms with E-state index in [1.165, 1.54) is 6.07 Å². The molecule has 18 heavy (non-hydrogen) atoms. The second kappa shape index (κ2) is 4.89. The second-order valence-electron chi connectivity index (χ2n) is 3.64. The molecule has 2 aromatic rings. The first kappa shape index (κ1) is 12.8. The number of ether oxygens (including phenoxy) is 1. The summed E-state index contributed by atoms with van der Waals surface area (Å²) in [5, 5.41) is 0. The fourth-order valence-electron chi connectivity index (χ4n) is 1.39. The lowest BCUT2D eigenvalue weighted by molar-refractivity contribution is 0.434. The Morgan fingerprint density at radius 3 is 2.61 bits per heavy atom. The second-order valence-corrected chi connectivity index (χ2v) is 4.43. The van der Waals surface area contributed by atoms with Crippen LogP contribution in [0.15, 0.2) is 33.5 Å². The molecule has 0 fully saturated rings. The van der Waals surface area contributed by atoms with Crippen LogP contribution in [0.5, 0.6) is 11.5 Å². The smallest absolute Gasteiger partial charge is 0.266 e. The van der Waals surface area contributed by atoms with Crippen molar-refractivity contribution in [1.82, 2.24) is 4.98 Å². The fraction of sp³-hybridized carbons (Fsp3) is 0.0833. The Balaban J connectivity index is 2.43. The van der Waals surface area contributed by atoms with E-state index in [1.54, 1.807) is 6.92 Å². The Labute approximate surface area is 110 Å². The Morgan fingerprint density at radius 2 is 1.94 bits per heavy atom. The Bertz CT molecular complexity index is 655. The van der Waals surface area contributed by atoms with Crippen molar-refractivity contribution >= 4 is 15.9 Å². The number of benzene rings is 1. The third-order valence-electron chi connectivity index (χ3n) is 2.19. The van der Waals surface area contributed by atoms with Crippen LogP contribution in [0.3, 0.4) is 0 Å². The number of nitrogens with one attached hydrogen (secondary N) is 1. The molecule has 2 rings (SSSR count). The third kappa shape index (κ3) is 2.59. The van der Waals surface area contributed by atoms with E-state index in [4.69, 9.17) is 4.74 Å². The van der Waals surface area contributed by atoms with E-state index in [1.807, 2.05) is 0 Å². The lowest BCUT2D eigenvalue weighted by atomic mass is 10.3. The lowest BCUT2D eigenvalue weighted by Crippen LogP contribution is -2.09. The van der Waals surface area contributed by atoms with Crippen LogP contribution in [0.2, 0.25) is 0 Å². The van der Waals surface area contributed by atoms with Gasteiger partial charge in [0.25, 0.3) is 5.56 Å². The van der Waals surface area contributed by atoms with Crippen molar-refractivity contribution in [3.63, 3.8) is 0 Å². The standard InChI is InChI=1S/C12H8BrF2NO2/c1-6-4-10(11(13)12(17)16-6)18-9-3-2-7(14)5-8(9)15/h2-5H,1H3,(H,16,17). The number of H-pyrrole nitrogens is 1. The molecular formula is C12H8BrF2NO2. The van der Waals surface area contributed by atoms with E-state index in [0.29, 0.717) is 11.8 Å². The maximum absolute atomic E-state index is 13.4. The quantitative estimate of drug-likeness (QED) is 0.921. The average molecular weight is 316 g/mol. The molecular weight excluding hydrogens is 308 g/mol. The zero-order valence-corrected chi connectivity index (χ0v) is 10.8. The minimum atomic E-state index is -0.833. The van der Waals surface area contributed by atoms with Crippen molar-refractivity contribution in [3.8, 4) is 11.5 Å². The highest BCUT2D eigenvalue weighted by Crippen LogP contribution is 2.29. The Morgan fingerprint density at radius 1 is 1.22 bits per heavy atom. The van der Waals surface area contributed by atoms with Gasteiger partial charge in [-0.1, -0.05) is 0 Å². The minimum Gasteiger partial charge on any atom is -0.453 e. The van der Waals surface area contributed by atoms with Crippen LogP contribution in [0.4, 0.5) is 8.78 Å². The van der Waals surface area contributed by atoms with Crippen molar-refractivity contribution in [3.05, 3.63) is 56.4 Å². The van der Waals surface area contributed by atoms with Gasteiger partial charge in [-0.2, -0.15) is 0 Å². The number of aromatic nitrogens is 1. The minimum absolute atomic E-state index is 0.150. The van der Waals surface area contributed by atoms with Gasteiger partial charge < -0.3 is 9.72 Å². The molecule has 0 aliphatic heterocycles. The highest BCUT2D eigenvalue weighted by molar-refractivity contribution is 9.10. The highest BCUT2D eigenvalue weighted by atomic mass is 79.9. The molecule has 1 aromatic heterocycles. The molecule has 1 aromatic carbocycles. The molecule has 0 amide bonds. The molecule has 0 radical (unpaired) electrons. The normalized spacial score (nSPS) is 10.4. The summed E-state index contributed by atoms with van der Waals surface area (Å²) >= 11 is 3.05. The molecule has 0 bridgehead atoms. The number of aryl methyl sites for hydroxylation is 1. The van der Waals surface area contributed by atoms with Gasteiger partial charge >= 0.3 is 0 Å². The van der Waals surface area contributed by atoms with Crippen LogP contribution in [0, 0.1) is 18.6 Å². The van der Waals surface area contributed by atoms with Gasteiger partial charge in [-0.15, -0.1) is 0 Å². The summed E-state index contributed by atoms with van der Waals surface area (Å²) in [6.07, 6.45) is 0. The topological polar surface area (TPSA) is 42.1 Å². The van der Waals surface area contributed by atoms with Gasteiger partial charge in [0.15, 0.2) is 11.6 Å². The van der Waals surface area contributed by atoms with E-state index in [-0.39, 0.29) is 21.5 Å². The summed E-state index contributed by atoms with van der Waals surface area (Å²) in [7, 11) is 0. The maximum Gasteiger partial charge on any atom is 0.266 e. The van der Waals surface area contributed by atoms with E-state index in [2.05, 4.69) is 20.9 Å². The summed E-state index contributed by atoms with van der Waals surface area (Å²) < 4.78 is 31.5. The molecule has 1 N–H and O–H groups in total. The number of aromatic amines is 1. The van der Waals surface area contributed by atoms with Crippen LogP contribution >= 0.6 is 15.9 Å². The summed E-state index contributed by atoms with van der Waals surface area (Å²) in [6.45, 7) is 1.67. The van der Waals surface area contributed by atoms with Gasteiger partial charge in [-0.3, -0.25) is 4.79 Å². The van der Waals surface area contributed by atoms with Crippen molar-refractivity contribution in [2.24, 2.45) is 0 Å². The van der Waals surface area contributed by atoms with Gasteiger partial charge in [0.1, 0.15) is 16.0 Å². The fourth-order valence-corrected chi connectivity index (χ4v) is 1.69. The molecule has 0 unspecified atom stereocenters. The molecule has 0 aliphatic rings. The zero-order chi connectivity index (χ0) is 13.3. The van der Waals surface area contributed by atoms with Crippen molar-refractivity contribution in [2.45, 2.75) is 6.92 Å². The average Bonchev–Trinajstić information content (AvgIpc) is 2.29. The SMILES string of the molecule is Cc1cc(Oc2ccc(F)cc2F)c(Br)c(=O)[nH]1. The highest BCUT2D eigenvalue weighted by Gasteiger charge is 2.11. The molecule has 0 atom stereocenters.